The van der Waals surface area contributed by atoms with E-state index in [1.54, 1.807) is 36.4 Å². The zero-order valence-electron chi connectivity index (χ0n) is 16.0. The molecule has 0 bridgehead atoms. The molecule has 2 aromatic rings. The summed E-state index contributed by atoms with van der Waals surface area (Å²) in [6, 6.07) is 10.4. The number of ether oxygens (including phenoxy) is 2. The second kappa shape index (κ2) is 10.3. The maximum atomic E-state index is 12.2. The average Bonchev–Trinajstić information content (AvgIpc) is 2.66. The number of nitrogens with one attached hydrogen (secondary N) is 2. The van der Waals surface area contributed by atoms with Crippen LogP contribution >= 0.6 is 11.6 Å². The van der Waals surface area contributed by atoms with Crippen molar-refractivity contribution in [2.75, 3.05) is 19.0 Å². The largest absolute Gasteiger partial charge is 0.495 e. The second-order valence-corrected chi connectivity index (χ2v) is 6.61. The Labute approximate surface area is 173 Å². The highest BCUT2D eigenvalue weighted by atomic mass is 35.5. The van der Waals surface area contributed by atoms with Crippen molar-refractivity contribution in [1.29, 1.82) is 0 Å². The molecular weight excluding hydrogens is 398 g/mol. The first-order valence-corrected chi connectivity index (χ1v) is 9.08. The number of hydrogen-bond acceptors (Lipinski definition) is 5. The van der Waals surface area contributed by atoms with Gasteiger partial charge in [0, 0.05) is 5.02 Å². The zero-order chi connectivity index (χ0) is 21.4. The van der Waals surface area contributed by atoms with Crippen molar-refractivity contribution in [3.8, 4) is 5.75 Å². The fraction of sp³-hybridized carbons (Fsp3) is 0.250. The molecule has 0 aliphatic heterocycles. The number of primary amides is 1. The number of esters is 1. The molecule has 0 aliphatic carbocycles. The van der Waals surface area contributed by atoms with Crippen molar-refractivity contribution in [1.82, 2.24) is 5.32 Å². The molecule has 8 nitrogen and oxygen atoms in total. The van der Waals surface area contributed by atoms with Gasteiger partial charge in [0.25, 0.3) is 5.91 Å². The highest BCUT2D eigenvalue weighted by Crippen LogP contribution is 2.26. The first-order valence-electron chi connectivity index (χ1n) is 8.70. The zero-order valence-corrected chi connectivity index (χ0v) is 16.8. The average molecular weight is 420 g/mol. The van der Waals surface area contributed by atoms with Crippen molar-refractivity contribution >= 4 is 35.2 Å². The lowest BCUT2D eigenvalue weighted by molar-refractivity contribution is -0.147. The lowest BCUT2D eigenvalue weighted by atomic mass is 10.0. The van der Waals surface area contributed by atoms with Gasteiger partial charge in [0.1, 0.15) is 5.75 Å². The van der Waals surface area contributed by atoms with Gasteiger partial charge in [-0.15, -0.1) is 0 Å². The number of halogens is 1. The lowest BCUT2D eigenvalue weighted by Crippen LogP contribution is -2.35. The second-order valence-electron chi connectivity index (χ2n) is 6.20. The van der Waals surface area contributed by atoms with E-state index >= 15 is 0 Å². The third kappa shape index (κ3) is 6.69. The Morgan fingerprint density at radius 2 is 1.90 bits per heavy atom. The van der Waals surface area contributed by atoms with Gasteiger partial charge in [-0.3, -0.25) is 9.59 Å². The molecule has 1 atom stereocenters. The van der Waals surface area contributed by atoms with Crippen LogP contribution in [0.3, 0.4) is 0 Å². The first kappa shape index (κ1) is 22.0. The molecule has 0 aliphatic rings. The van der Waals surface area contributed by atoms with Crippen molar-refractivity contribution < 1.29 is 23.9 Å². The normalized spacial score (nSPS) is 11.3. The molecule has 0 aromatic heterocycles. The third-order valence-electron chi connectivity index (χ3n) is 3.96. The standard InChI is InChI=1S/C20H22ClN3O5/c1-12-7-8-17(28-2)16(9-12)23-18(25)11-29-19(26)10-15(24-20(22)27)13-5-3-4-6-14(13)21/h3-9,15H,10-11H2,1-2H3,(H,23,25)(H3,22,24,27)/t15-/m1/s1. The molecule has 0 unspecified atom stereocenters. The van der Waals surface area contributed by atoms with Gasteiger partial charge in [-0.2, -0.15) is 0 Å². The SMILES string of the molecule is COc1ccc(C)cc1NC(=O)COC(=O)C[C@@H](NC(N)=O)c1ccccc1Cl. The van der Waals surface area contributed by atoms with Gasteiger partial charge in [-0.1, -0.05) is 35.9 Å². The minimum atomic E-state index is -0.813. The van der Waals surface area contributed by atoms with Gasteiger partial charge in [0.15, 0.2) is 6.61 Å². The number of rotatable bonds is 8. The maximum absolute atomic E-state index is 12.2. The molecule has 3 amide bonds. The van der Waals surface area contributed by atoms with Crippen molar-refractivity contribution in [3.05, 3.63) is 58.6 Å². The lowest BCUT2D eigenvalue weighted by Gasteiger charge is -2.18. The Hall–Kier alpha value is -3.26. The fourth-order valence-corrected chi connectivity index (χ4v) is 2.91. The number of amides is 3. The Bertz CT molecular complexity index is 903. The van der Waals surface area contributed by atoms with Crippen LogP contribution in [0.1, 0.15) is 23.6 Å². The number of urea groups is 1. The van der Waals surface area contributed by atoms with Crippen LogP contribution < -0.4 is 21.1 Å². The molecule has 0 fully saturated rings. The summed E-state index contributed by atoms with van der Waals surface area (Å²) in [6.07, 6.45) is -0.242. The van der Waals surface area contributed by atoms with E-state index in [1.165, 1.54) is 7.11 Å². The summed E-state index contributed by atoms with van der Waals surface area (Å²) in [5.74, 6) is -0.742. The Morgan fingerprint density at radius 1 is 1.17 bits per heavy atom. The van der Waals surface area contributed by atoms with Crippen molar-refractivity contribution in [2.24, 2.45) is 5.73 Å². The molecule has 2 aromatic carbocycles. The number of carbonyl (C=O) groups is 3. The topological polar surface area (TPSA) is 120 Å². The van der Waals surface area contributed by atoms with Crippen molar-refractivity contribution in [3.63, 3.8) is 0 Å². The molecule has 0 spiro atoms. The quantitative estimate of drug-likeness (QED) is 0.568. The number of carbonyl (C=O) groups excluding carboxylic acids is 3. The summed E-state index contributed by atoms with van der Waals surface area (Å²) in [4.78, 5) is 35.6. The molecule has 0 radical (unpaired) electrons. The van der Waals surface area contributed by atoms with E-state index < -0.39 is 30.6 Å². The van der Waals surface area contributed by atoms with E-state index in [1.807, 2.05) is 13.0 Å². The first-order chi connectivity index (χ1) is 13.8. The van der Waals surface area contributed by atoms with E-state index in [4.69, 9.17) is 26.8 Å². The van der Waals surface area contributed by atoms with Gasteiger partial charge >= 0.3 is 12.0 Å². The Kier molecular flexibility index (Phi) is 7.85. The highest BCUT2D eigenvalue weighted by molar-refractivity contribution is 6.31. The maximum Gasteiger partial charge on any atom is 0.312 e. The van der Waals surface area contributed by atoms with Crippen molar-refractivity contribution in [2.45, 2.75) is 19.4 Å². The molecule has 0 saturated heterocycles. The van der Waals surface area contributed by atoms with Crippen LogP contribution in [0.4, 0.5) is 10.5 Å². The number of anilines is 1. The van der Waals surface area contributed by atoms with Crippen LogP contribution in [0.5, 0.6) is 5.75 Å². The molecule has 0 saturated carbocycles. The van der Waals surface area contributed by atoms with Crippen LogP contribution in [0.15, 0.2) is 42.5 Å². The molecular formula is C20H22ClN3O5. The summed E-state index contributed by atoms with van der Waals surface area (Å²) >= 11 is 6.12. The third-order valence-corrected chi connectivity index (χ3v) is 4.31. The Morgan fingerprint density at radius 3 is 2.55 bits per heavy atom. The van der Waals surface area contributed by atoms with Crippen LogP contribution in [0.25, 0.3) is 0 Å². The van der Waals surface area contributed by atoms with Gasteiger partial charge < -0.3 is 25.8 Å². The minimum absolute atomic E-state index is 0.242. The van der Waals surface area contributed by atoms with Gasteiger partial charge in [-0.25, -0.2) is 4.79 Å². The summed E-state index contributed by atoms with van der Waals surface area (Å²) in [5, 5.41) is 5.45. The highest BCUT2D eigenvalue weighted by Gasteiger charge is 2.21. The number of aryl methyl sites for hydroxylation is 1. The van der Waals surface area contributed by atoms with E-state index in [9.17, 15) is 14.4 Å². The molecule has 4 N–H and O–H groups in total. The van der Waals surface area contributed by atoms with Crippen LogP contribution in [-0.2, 0) is 14.3 Å². The number of methoxy groups -OCH3 is 1. The summed E-state index contributed by atoms with van der Waals surface area (Å²) in [6.45, 7) is 1.37. The molecule has 29 heavy (non-hydrogen) atoms. The number of hydrogen-bond donors (Lipinski definition) is 3. The van der Waals surface area contributed by atoms with E-state index in [0.717, 1.165) is 5.56 Å². The monoisotopic (exact) mass is 419 g/mol. The smallest absolute Gasteiger partial charge is 0.312 e. The van der Waals surface area contributed by atoms with E-state index in [-0.39, 0.29) is 6.42 Å². The summed E-state index contributed by atoms with van der Waals surface area (Å²) < 4.78 is 10.2. The summed E-state index contributed by atoms with van der Waals surface area (Å²) in [5.41, 5.74) is 7.09. The predicted octanol–water partition coefficient (Wildman–Crippen LogP) is 2.94. The van der Waals surface area contributed by atoms with Gasteiger partial charge in [0.05, 0.1) is 25.3 Å². The number of nitrogens with two attached hydrogens (primary N) is 1. The fourth-order valence-electron chi connectivity index (χ4n) is 2.65. The Balaban J connectivity index is 1.96. The number of benzene rings is 2. The molecule has 154 valence electrons. The van der Waals surface area contributed by atoms with E-state index in [2.05, 4.69) is 10.6 Å². The minimum Gasteiger partial charge on any atom is -0.495 e. The predicted molar refractivity (Wildman–Crippen MR) is 109 cm³/mol. The molecule has 2 rings (SSSR count). The van der Waals surface area contributed by atoms with Gasteiger partial charge in [0.2, 0.25) is 0 Å². The van der Waals surface area contributed by atoms with Crippen LogP contribution in [-0.4, -0.2) is 31.6 Å². The van der Waals surface area contributed by atoms with Crippen LogP contribution in [0, 0.1) is 6.92 Å². The molecule has 9 heteroatoms. The van der Waals surface area contributed by atoms with Crippen LogP contribution in [0.2, 0.25) is 5.02 Å². The van der Waals surface area contributed by atoms with Gasteiger partial charge in [-0.05, 0) is 36.2 Å². The summed E-state index contributed by atoms with van der Waals surface area (Å²) in [7, 11) is 1.49. The molecule has 0 heterocycles. The van der Waals surface area contributed by atoms with E-state index in [0.29, 0.717) is 22.0 Å².